The zero-order valence-electron chi connectivity index (χ0n) is 15.2. The van der Waals surface area contributed by atoms with Crippen molar-refractivity contribution in [1.29, 1.82) is 0 Å². The lowest BCUT2D eigenvalue weighted by Gasteiger charge is -2.30. The number of aromatic amines is 1. The van der Waals surface area contributed by atoms with Crippen LogP contribution < -0.4 is 10.3 Å². The first-order valence-electron chi connectivity index (χ1n) is 8.64. The summed E-state index contributed by atoms with van der Waals surface area (Å²) in [5, 5.41) is 0. The minimum atomic E-state index is -0.118. The van der Waals surface area contributed by atoms with Gasteiger partial charge in [0.05, 0.1) is 12.6 Å². The maximum Gasteiger partial charge on any atom is 0.254 e. The highest BCUT2D eigenvalue weighted by molar-refractivity contribution is 5.97. The van der Waals surface area contributed by atoms with Gasteiger partial charge in [-0.25, -0.2) is 0 Å². The van der Waals surface area contributed by atoms with Gasteiger partial charge < -0.3 is 14.6 Å². The standard InChI is InChI=1S/C20H24N2O3/c1-12(2)25-18-7-5-6-16-15(18)8-9-22(20(16)24)11-17-13(3)10-14(4)21-19(17)23/h5-7,10,12H,8-9,11H2,1-4H3,(H,21,23). The van der Waals surface area contributed by atoms with Crippen molar-refractivity contribution in [2.24, 2.45) is 0 Å². The number of rotatable bonds is 4. The van der Waals surface area contributed by atoms with Gasteiger partial charge in [0.2, 0.25) is 0 Å². The number of carbonyl (C=O) groups is 1. The van der Waals surface area contributed by atoms with E-state index < -0.39 is 0 Å². The average Bonchev–Trinajstić information content (AvgIpc) is 2.52. The molecule has 132 valence electrons. The van der Waals surface area contributed by atoms with Crippen molar-refractivity contribution < 1.29 is 9.53 Å². The van der Waals surface area contributed by atoms with Crippen LogP contribution in [0.2, 0.25) is 0 Å². The van der Waals surface area contributed by atoms with Crippen molar-refractivity contribution in [2.75, 3.05) is 6.54 Å². The molecular weight excluding hydrogens is 316 g/mol. The number of fused-ring (bicyclic) bond motifs is 1. The smallest absolute Gasteiger partial charge is 0.254 e. The number of pyridine rings is 1. The second-order valence-corrected chi connectivity index (χ2v) is 6.87. The molecule has 1 amide bonds. The third-order valence-corrected chi connectivity index (χ3v) is 4.49. The second-order valence-electron chi connectivity index (χ2n) is 6.87. The number of benzene rings is 1. The summed E-state index contributed by atoms with van der Waals surface area (Å²) < 4.78 is 5.84. The fraction of sp³-hybridized carbons (Fsp3) is 0.400. The van der Waals surface area contributed by atoms with Crippen LogP contribution in [0.4, 0.5) is 0 Å². The van der Waals surface area contributed by atoms with E-state index in [-0.39, 0.29) is 17.6 Å². The molecule has 0 bridgehead atoms. The molecule has 0 saturated carbocycles. The van der Waals surface area contributed by atoms with Crippen molar-refractivity contribution in [3.05, 3.63) is 62.6 Å². The lowest BCUT2D eigenvalue weighted by atomic mass is 9.97. The molecule has 1 aliphatic heterocycles. The van der Waals surface area contributed by atoms with Crippen molar-refractivity contribution in [3.8, 4) is 5.75 Å². The lowest BCUT2D eigenvalue weighted by Crippen LogP contribution is -2.39. The number of hydrogen-bond acceptors (Lipinski definition) is 3. The highest BCUT2D eigenvalue weighted by atomic mass is 16.5. The van der Waals surface area contributed by atoms with E-state index >= 15 is 0 Å². The molecule has 0 atom stereocenters. The molecule has 2 heterocycles. The molecule has 0 radical (unpaired) electrons. The Hall–Kier alpha value is -2.56. The van der Waals surface area contributed by atoms with Gasteiger partial charge in [-0.05, 0) is 57.9 Å². The first kappa shape index (κ1) is 17.3. The quantitative estimate of drug-likeness (QED) is 0.931. The van der Waals surface area contributed by atoms with Crippen LogP contribution in [0.5, 0.6) is 5.75 Å². The number of H-pyrrole nitrogens is 1. The molecule has 1 aliphatic rings. The van der Waals surface area contributed by atoms with E-state index in [1.54, 1.807) is 4.90 Å². The molecular formula is C20H24N2O3. The largest absolute Gasteiger partial charge is 0.491 e. The summed E-state index contributed by atoms with van der Waals surface area (Å²) >= 11 is 0. The summed E-state index contributed by atoms with van der Waals surface area (Å²) in [4.78, 5) is 29.7. The molecule has 3 rings (SSSR count). The lowest BCUT2D eigenvalue weighted by molar-refractivity contribution is 0.0723. The van der Waals surface area contributed by atoms with Crippen LogP contribution in [0, 0.1) is 13.8 Å². The molecule has 25 heavy (non-hydrogen) atoms. The summed E-state index contributed by atoms with van der Waals surface area (Å²) in [6, 6.07) is 7.54. The minimum absolute atomic E-state index is 0.0465. The topological polar surface area (TPSA) is 62.4 Å². The van der Waals surface area contributed by atoms with E-state index in [0.29, 0.717) is 24.2 Å². The molecule has 1 N–H and O–H groups in total. The van der Waals surface area contributed by atoms with Crippen LogP contribution in [-0.4, -0.2) is 28.4 Å². The number of amides is 1. The molecule has 5 heteroatoms. The van der Waals surface area contributed by atoms with Gasteiger partial charge in [0.25, 0.3) is 11.5 Å². The molecule has 1 aromatic carbocycles. The molecule has 0 fully saturated rings. The van der Waals surface area contributed by atoms with Crippen molar-refractivity contribution in [3.63, 3.8) is 0 Å². The average molecular weight is 340 g/mol. The van der Waals surface area contributed by atoms with Gasteiger partial charge in [-0.3, -0.25) is 9.59 Å². The van der Waals surface area contributed by atoms with Gasteiger partial charge in [0.1, 0.15) is 5.75 Å². The van der Waals surface area contributed by atoms with E-state index in [1.165, 1.54) is 0 Å². The number of nitrogens with one attached hydrogen (secondary N) is 1. The predicted molar refractivity (Wildman–Crippen MR) is 97.2 cm³/mol. The number of carbonyl (C=O) groups excluding carboxylic acids is 1. The number of aryl methyl sites for hydroxylation is 2. The Morgan fingerprint density at radius 1 is 1.24 bits per heavy atom. The monoisotopic (exact) mass is 340 g/mol. The Bertz CT molecular complexity index is 868. The third-order valence-electron chi connectivity index (χ3n) is 4.49. The minimum Gasteiger partial charge on any atom is -0.491 e. The molecule has 1 aromatic heterocycles. The second kappa shape index (κ2) is 6.75. The number of ether oxygens (including phenoxy) is 1. The predicted octanol–water partition coefficient (Wildman–Crippen LogP) is 2.98. The van der Waals surface area contributed by atoms with E-state index in [1.807, 2.05) is 52.0 Å². The third kappa shape index (κ3) is 3.45. The van der Waals surface area contributed by atoms with Gasteiger partial charge in [-0.2, -0.15) is 0 Å². The van der Waals surface area contributed by atoms with Gasteiger partial charge >= 0.3 is 0 Å². The van der Waals surface area contributed by atoms with Crippen molar-refractivity contribution >= 4 is 5.91 Å². The van der Waals surface area contributed by atoms with Gasteiger partial charge in [0, 0.05) is 28.9 Å². The number of aromatic nitrogens is 1. The van der Waals surface area contributed by atoms with Crippen LogP contribution in [0.25, 0.3) is 0 Å². The van der Waals surface area contributed by atoms with Crippen LogP contribution >= 0.6 is 0 Å². The van der Waals surface area contributed by atoms with Crippen molar-refractivity contribution in [2.45, 2.75) is 46.8 Å². The SMILES string of the molecule is Cc1cc(C)c(CN2CCc3c(OC(C)C)cccc3C2=O)c(=O)[nH]1. The highest BCUT2D eigenvalue weighted by Gasteiger charge is 2.27. The summed E-state index contributed by atoms with van der Waals surface area (Å²) in [5.74, 6) is 0.736. The maximum atomic E-state index is 12.9. The summed E-state index contributed by atoms with van der Waals surface area (Å²) in [6.45, 7) is 8.63. The Labute approximate surface area is 147 Å². The van der Waals surface area contributed by atoms with E-state index in [4.69, 9.17) is 4.74 Å². The maximum absolute atomic E-state index is 12.9. The summed E-state index contributed by atoms with van der Waals surface area (Å²) in [5.41, 5.74) is 3.91. The Kier molecular flexibility index (Phi) is 4.66. The van der Waals surface area contributed by atoms with Crippen LogP contribution in [0.15, 0.2) is 29.1 Å². The molecule has 0 saturated heterocycles. The summed E-state index contributed by atoms with van der Waals surface area (Å²) in [6.07, 6.45) is 0.792. The Balaban J connectivity index is 1.89. The highest BCUT2D eigenvalue weighted by Crippen LogP contribution is 2.29. The normalized spacial score (nSPS) is 14.0. The molecule has 0 spiro atoms. The van der Waals surface area contributed by atoms with Gasteiger partial charge in [0.15, 0.2) is 0 Å². The zero-order valence-corrected chi connectivity index (χ0v) is 15.2. The molecule has 2 aromatic rings. The molecule has 0 aliphatic carbocycles. The van der Waals surface area contributed by atoms with E-state index in [2.05, 4.69) is 4.98 Å². The number of hydrogen-bond donors (Lipinski definition) is 1. The Morgan fingerprint density at radius 2 is 2.00 bits per heavy atom. The molecule has 0 unspecified atom stereocenters. The fourth-order valence-electron chi connectivity index (χ4n) is 3.33. The van der Waals surface area contributed by atoms with E-state index in [9.17, 15) is 9.59 Å². The van der Waals surface area contributed by atoms with Crippen LogP contribution in [0.1, 0.15) is 46.6 Å². The first-order valence-corrected chi connectivity index (χ1v) is 8.64. The van der Waals surface area contributed by atoms with Crippen LogP contribution in [0.3, 0.4) is 0 Å². The van der Waals surface area contributed by atoms with Crippen molar-refractivity contribution in [1.82, 2.24) is 9.88 Å². The van der Waals surface area contributed by atoms with Crippen LogP contribution in [-0.2, 0) is 13.0 Å². The summed E-state index contributed by atoms with van der Waals surface area (Å²) in [7, 11) is 0. The number of nitrogens with zero attached hydrogens (tertiary/aromatic N) is 1. The zero-order chi connectivity index (χ0) is 18.1. The van der Waals surface area contributed by atoms with Gasteiger partial charge in [-0.15, -0.1) is 0 Å². The van der Waals surface area contributed by atoms with Gasteiger partial charge in [-0.1, -0.05) is 6.07 Å². The molecule has 5 nitrogen and oxygen atoms in total. The Morgan fingerprint density at radius 3 is 2.68 bits per heavy atom. The van der Waals surface area contributed by atoms with E-state index in [0.717, 1.165) is 29.0 Å². The fourth-order valence-corrected chi connectivity index (χ4v) is 3.33. The first-order chi connectivity index (χ1) is 11.9.